The first kappa shape index (κ1) is 21.6. The van der Waals surface area contributed by atoms with Gasteiger partial charge in [-0.2, -0.15) is 4.31 Å². The van der Waals surface area contributed by atoms with Crippen molar-refractivity contribution in [2.45, 2.75) is 30.9 Å². The molecule has 1 fully saturated rings. The molecular weight excluding hydrogens is 438 g/mol. The maximum Gasteiger partial charge on any atom is 0.222 e. The number of aromatic nitrogens is 1. The molecular formula is C22H26ClN3O2S2. The number of sulfonamides is 1. The van der Waals surface area contributed by atoms with E-state index < -0.39 is 20.1 Å². The van der Waals surface area contributed by atoms with Crippen LogP contribution in [0.25, 0.3) is 11.3 Å². The van der Waals surface area contributed by atoms with Crippen molar-refractivity contribution in [2.75, 3.05) is 31.1 Å². The summed E-state index contributed by atoms with van der Waals surface area (Å²) in [6, 6.07) is 6.44. The highest BCUT2D eigenvalue weighted by Gasteiger charge is 2.43. The van der Waals surface area contributed by atoms with Crippen LogP contribution in [0.15, 0.2) is 47.9 Å². The highest BCUT2D eigenvalue weighted by molar-refractivity contribution is 7.90. The molecule has 0 saturated carbocycles. The van der Waals surface area contributed by atoms with Crippen LogP contribution in [0.5, 0.6) is 0 Å². The normalized spacial score (nSPS) is 25.1. The quantitative estimate of drug-likeness (QED) is 0.632. The third-order valence-corrected chi connectivity index (χ3v) is 9.34. The van der Waals surface area contributed by atoms with Gasteiger partial charge in [0, 0.05) is 37.1 Å². The first-order chi connectivity index (χ1) is 14.2. The standard InChI is InChI=1S/C22H26ClN3O2S2/c1-16-12-17(2)14-18(13-16)19-15-29-21(24-19)25-8-10-26(11-9-25)30(27,28)20-6-4-5-7-22(20,3)23/h4-7,12-15,20H,8-11H2,1-3H3. The minimum atomic E-state index is -3.53. The number of anilines is 1. The van der Waals surface area contributed by atoms with Crippen molar-refractivity contribution in [3.8, 4) is 11.3 Å². The molecule has 30 heavy (non-hydrogen) atoms. The monoisotopic (exact) mass is 463 g/mol. The van der Waals surface area contributed by atoms with E-state index in [1.165, 1.54) is 11.1 Å². The third kappa shape index (κ3) is 4.21. The summed E-state index contributed by atoms with van der Waals surface area (Å²) in [5.74, 6) is 0. The molecule has 1 aromatic heterocycles. The Labute approximate surface area is 187 Å². The lowest BCUT2D eigenvalue weighted by molar-refractivity contribution is 0.379. The number of hydrogen-bond donors (Lipinski definition) is 0. The molecule has 1 saturated heterocycles. The number of piperazine rings is 1. The van der Waals surface area contributed by atoms with E-state index in [4.69, 9.17) is 16.6 Å². The first-order valence-corrected chi connectivity index (χ1v) is 12.8. The van der Waals surface area contributed by atoms with Crippen molar-refractivity contribution < 1.29 is 8.42 Å². The van der Waals surface area contributed by atoms with Gasteiger partial charge >= 0.3 is 0 Å². The first-order valence-electron chi connectivity index (χ1n) is 10.00. The summed E-state index contributed by atoms with van der Waals surface area (Å²) in [4.78, 5) is 6.06. The molecule has 4 rings (SSSR count). The van der Waals surface area contributed by atoms with Crippen LogP contribution in [0.3, 0.4) is 0 Å². The number of benzene rings is 1. The number of aryl methyl sites for hydroxylation is 2. The zero-order valence-corrected chi connectivity index (χ0v) is 19.8. The Morgan fingerprint density at radius 1 is 1.10 bits per heavy atom. The second kappa shape index (κ2) is 8.11. The van der Waals surface area contributed by atoms with Gasteiger partial charge in [0.2, 0.25) is 10.0 Å². The topological polar surface area (TPSA) is 53.5 Å². The number of halogens is 1. The molecule has 1 aliphatic heterocycles. The second-order valence-electron chi connectivity index (χ2n) is 8.14. The van der Waals surface area contributed by atoms with Crippen molar-refractivity contribution >= 4 is 38.1 Å². The van der Waals surface area contributed by atoms with E-state index in [9.17, 15) is 8.42 Å². The fourth-order valence-corrected chi connectivity index (χ4v) is 7.36. The molecule has 2 atom stereocenters. The number of allylic oxidation sites excluding steroid dienone is 3. The van der Waals surface area contributed by atoms with E-state index in [1.807, 2.05) is 0 Å². The maximum absolute atomic E-state index is 13.2. The van der Waals surface area contributed by atoms with Crippen molar-refractivity contribution in [3.05, 3.63) is 59.0 Å². The van der Waals surface area contributed by atoms with Crippen LogP contribution in [0.1, 0.15) is 18.1 Å². The van der Waals surface area contributed by atoms with Gasteiger partial charge in [-0.1, -0.05) is 41.5 Å². The SMILES string of the molecule is Cc1cc(C)cc(-c2csc(N3CCN(S(=O)(=O)C4C=CC=CC4(C)Cl)CC3)n2)c1. The molecule has 2 aliphatic rings. The summed E-state index contributed by atoms with van der Waals surface area (Å²) in [7, 11) is -3.53. The molecule has 0 N–H and O–H groups in total. The summed E-state index contributed by atoms with van der Waals surface area (Å²) in [6.45, 7) is 8.02. The zero-order valence-electron chi connectivity index (χ0n) is 17.4. The zero-order chi connectivity index (χ0) is 21.5. The van der Waals surface area contributed by atoms with Gasteiger partial charge in [0.25, 0.3) is 0 Å². The maximum atomic E-state index is 13.2. The molecule has 2 heterocycles. The Morgan fingerprint density at radius 3 is 2.40 bits per heavy atom. The average molecular weight is 464 g/mol. The smallest absolute Gasteiger partial charge is 0.222 e. The van der Waals surface area contributed by atoms with Crippen molar-refractivity contribution in [3.63, 3.8) is 0 Å². The summed E-state index contributed by atoms with van der Waals surface area (Å²) >= 11 is 8.09. The van der Waals surface area contributed by atoms with Crippen LogP contribution >= 0.6 is 22.9 Å². The Hall–Kier alpha value is -1.67. The summed E-state index contributed by atoms with van der Waals surface area (Å²) in [5, 5.41) is 2.26. The summed E-state index contributed by atoms with van der Waals surface area (Å²) in [5.41, 5.74) is 4.52. The predicted molar refractivity (Wildman–Crippen MR) is 126 cm³/mol. The Bertz CT molecular complexity index is 1080. The molecule has 0 spiro atoms. The van der Waals surface area contributed by atoms with E-state index in [2.05, 4.69) is 42.3 Å². The number of rotatable bonds is 4. The van der Waals surface area contributed by atoms with Gasteiger partial charge in [-0.05, 0) is 32.9 Å². The number of alkyl halides is 1. The van der Waals surface area contributed by atoms with E-state index in [-0.39, 0.29) is 0 Å². The Kier molecular flexibility index (Phi) is 5.83. The van der Waals surface area contributed by atoms with Crippen LogP contribution in [0.4, 0.5) is 5.13 Å². The molecule has 2 unspecified atom stereocenters. The minimum absolute atomic E-state index is 0.432. The van der Waals surface area contributed by atoms with Gasteiger partial charge in [0.1, 0.15) is 5.25 Å². The largest absolute Gasteiger partial charge is 0.345 e. The molecule has 160 valence electrons. The average Bonchev–Trinajstić information content (AvgIpc) is 3.17. The van der Waals surface area contributed by atoms with E-state index in [0.29, 0.717) is 26.2 Å². The van der Waals surface area contributed by atoms with Gasteiger partial charge < -0.3 is 4.90 Å². The van der Waals surface area contributed by atoms with Crippen LogP contribution in [0.2, 0.25) is 0 Å². The molecule has 1 aliphatic carbocycles. The number of thiazole rings is 1. The highest BCUT2D eigenvalue weighted by Crippen LogP contribution is 2.34. The Balaban J connectivity index is 1.46. The molecule has 1 aromatic carbocycles. The predicted octanol–water partition coefficient (Wildman–Crippen LogP) is 4.37. The van der Waals surface area contributed by atoms with Crippen molar-refractivity contribution in [1.82, 2.24) is 9.29 Å². The van der Waals surface area contributed by atoms with E-state index in [1.54, 1.807) is 46.9 Å². The number of hydrogen-bond acceptors (Lipinski definition) is 5. The second-order valence-corrected chi connectivity index (χ2v) is 11.8. The lowest BCUT2D eigenvalue weighted by Crippen LogP contribution is -2.54. The van der Waals surface area contributed by atoms with Gasteiger partial charge in [0.15, 0.2) is 5.13 Å². The lowest BCUT2D eigenvalue weighted by Gasteiger charge is -2.38. The van der Waals surface area contributed by atoms with Crippen LogP contribution in [-0.2, 0) is 10.0 Å². The van der Waals surface area contributed by atoms with Crippen molar-refractivity contribution in [2.24, 2.45) is 0 Å². The van der Waals surface area contributed by atoms with Gasteiger partial charge in [-0.25, -0.2) is 13.4 Å². The lowest BCUT2D eigenvalue weighted by atomic mass is 10.0. The van der Waals surface area contributed by atoms with Crippen LogP contribution in [0, 0.1) is 13.8 Å². The van der Waals surface area contributed by atoms with Crippen LogP contribution < -0.4 is 4.90 Å². The van der Waals surface area contributed by atoms with Gasteiger partial charge in [0.05, 0.1) is 10.6 Å². The van der Waals surface area contributed by atoms with E-state index >= 15 is 0 Å². The molecule has 0 amide bonds. The van der Waals surface area contributed by atoms with Gasteiger partial charge in [-0.3, -0.25) is 0 Å². The van der Waals surface area contributed by atoms with Crippen LogP contribution in [-0.4, -0.2) is 54.0 Å². The summed E-state index contributed by atoms with van der Waals surface area (Å²) < 4.78 is 27.9. The number of nitrogens with zero attached hydrogens (tertiary/aromatic N) is 3. The molecule has 8 heteroatoms. The molecule has 0 bridgehead atoms. The fourth-order valence-electron chi connectivity index (χ4n) is 4.04. The minimum Gasteiger partial charge on any atom is -0.345 e. The Morgan fingerprint density at radius 2 is 1.77 bits per heavy atom. The highest BCUT2D eigenvalue weighted by atomic mass is 35.5. The van der Waals surface area contributed by atoms with Crippen molar-refractivity contribution in [1.29, 1.82) is 0 Å². The molecule has 5 nitrogen and oxygen atoms in total. The summed E-state index contributed by atoms with van der Waals surface area (Å²) in [6.07, 6.45) is 6.99. The fraction of sp³-hybridized carbons (Fsp3) is 0.409. The molecule has 0 radical (unpaired) electrons. The third-order valence-electron chi connectivity index (χ3n) is 5.57. The van der Waals surface area contributed by atoms with E-state index in [0.717, 1.165) is 16.4 Å². The molecule has 2 aromatic rings. The van der Waals surface area contributed by atoms with Gasteiger partial charge in [-0.15, -0.1) is 22.9 Å².